The molecule has 15 heavy (non-hydrogen) atoms. The second kappa shape index (κ2) is 4.44. The van der Waals surface area contributed by atoms with Gasteiger partial charge in [0.25, 0.3) is 0 Å². The predicted octanol–water partition coefficient (Wildman–Crippen LogP) is 2.19. The smallest absolute Gasteiger partial charge is 0.221 e. The minimum absolute atomic E-state index is 0.139. The van der Waals surface area contributed by atoms with Crippen LogP contribution in [0.3, 0.4) is 0 Å². The second-order valence-electron chi connectivity index (χ2n) is 3.16. The molecule has 0 aliphatic carbocycles. The summed E-state index contributed by atoms with van der Waals surface area (Å²) < 4.78 is 0.596. The van der Waals surface area contributed by atoms with Gasteiger partial charge in [-0.1, -0.05) is 0 Å². The lowest BCUT2D eigenvalue weighted by atomic mass is 10.1. The van der Waals surface area contributed by atoms with Crippen LogP contribution in [0.25, 0.3) is 0 Å². The number of benzene rings is 1. The zero-order valence-electron chi connectivity index (χ0n) is 8.43. The van der Waals surface area contributed by atoms with E-state index in [0.29, 0.717) is 21.4 Å². The summed E-state index contributed by atoms with van der Waals surface area (Å²) in [5.41, 5.74) is 7.03. The van der Waals surface area contributed by atoms with Crippen LogP contribution in [0.5, 0.6) is 0 Å². The Balaban J connectivity index is 3.23. The number of nitrogen functional groups attached to an aromatic ring is 1. The van der Waals surface area contributed by atoms with E-state index in [-0.39, 0.29) is 11.7 Å². The number of hydrogen-bond acceptors (Lipinski definition) is 3. The summed E-state index contributed by atoms with van der Waals surface area (Å²) in [6, 6.07) is 3.22. The SMILES string of the molecule is CC(=O)Nc1cc(Br)c(N)c(C(C)=O)c1. The van der Waals surface area contributed by atoms with E-state index in [0.717, 1.165) is 0 Å². The van der Waals surface area contributed by atoms with Gasteiger partial charge in [0.05, 0.1) is 5.69 Å². The van der Waals surface area contributed by atoms with Gasteiger partial charge in [0.15, 0.2) is 5.78 Å². The minimum atomic E-state index is -0.193. The van der Waals surface area contributed by atoms with Crippen LogP contribution in [-0.2, 0) is 4.79 Å². The molecule has 0 atom stereocenters. The molecule has 0 heterocycles. The number of halogens is 1. The molecule has 0 bridgehead atoms. The van der Waals surface area contributed by atoms with Crippen molar-refractivity contribution in [1.29, 1.82) is 0 Å². The Labute approximate surface area is 96.0 Å². The Morgan fingerprint density at radius 2 is 1.93 bits per heavy atom. The van der Waals surface area contributed by atoms with Crippen molar-refractivity contribution in [3.63, 3.8) is 0 Å². The van der Waals surface area contributed by atoms with Crippen molar-refractivity contribution in [3.05, 3.63) is 22.2 Å². The van der Waals surface area contributed by atoms with Crippen LogP contribution < -0.4 is 11.1 Å². The van der Waals surface area contributed by atoms with Crippen LogP contribution in [0.2, 0.25) is 0 Å². The van der Waals surface area contributed by atoms with Gasteiger partial charge in [-0.3, -0.25) is 9.59 Å². The molecule has 0 spiro atoms. The zero-order valence-corrected chi connectivity index (χ0v) is 10.0. The average molecular weight is 271 g/mol. The molecule has 0 radical (unpaired) electrons. The van der Waals surface area contributed by atoms with Gasteiger partial charge in [-0.05, 0) is 35.0 Å². The molecular formula is C10H11BrN2O2. The van der Waals surface area contributed by atoms with Crippen molar-refractivity contribution < 1.29 is 9.59 Å². The number of ketones is 1. The van der Waals surface area contributed by atoms with E-state index < -0.39 is 0 Å². The van der Waals surface area contributed by atoms with Crippen molar-refractivity contribution in [2.24, 2.45) is 0 Å². The van der Waals surface area contributed by atoms with Crippen LogP contribution in [0.1, 0.15) is 24.2 Å². The summed E-state index contributed by atoms with van der Waals surface area (Å²) in [5.74, 6) is -0.332. The summed E-state index contributed by atoms with van der Waals surface area (Å²) in [7, 11) is 0. The molecule has 0 unspecified atom stereocenters. The lowest BCUT2D eigenvalue weighted by Crippen LogP contribution is -2.08. The number of nitrogens with two attached hydrogens (primary N) is 1. The Hall–Kier alpha value is -1.36. The first kappa shape index (κ1) is 11.7. The topological polar surface area (TPSA) is 72.2 Å². The molecule has 0 aliphatic rings. The molecule has 0 aromatic heterocycles. The van der Waals surface area contributed by atoms with Crippen molar-refractivity contribution in [3.8, 4) is 0 Å². The third-order valence-corrected chi connectivity index (χ3v) is 2.49. The van der Waals surface area contributed by atoms with Gasteiger partial charge in [-0.2, -0.15) is 0 Å². The van der Waals surface area contributed by atoms with Gasteiger partial charge < -0.3 is 11.1 Å². The molecule has 3 N–H and O–H groups in total. The number of hydrogen-bond donors (Lipinski definition) is 2. The lowest BCUT2D eigenvalue weighted by molar-refractivity contribution is -0.114. The number of rotatable bonds is 2. The Morgan fingerprint density at radius 1 is 1.33 bits per heavy atom. The molecule has 1 rings (SSSR count). The quantitative estimate of drug-likeness (QED) is 0.639. The Kier molecular flexibility index (Phi) is 3.47. The number of anilines is 2. The maximum Gasteiger partial charge on any atom is 0.221 e. The van der Waals surface area contributed by atoms with Crippen LogP contribution in [0.4, 0.5) is 11.4 Å². The molecule has 0 saturated heterocycles. The monoisotopic (exact) mass is 270 g/mol. The fraction of sp³-hybridized carbons (Fsp3) is 0.200. The summed E-state index contributed by atoms with van der Waals surface area (Å²) in [6.45, 7) is 2.83. The largest absolute Gasteiger partial charge is 0.397 e. The van der Waals surface area contributed by atoms with Gasteiger partial charge >= 0.3 is 0 Å². The Bertz CT molecular complexity index is 430. The van der Waals surface area contributed by atoms with Gasteiger partial charge in [0, 0.05) is 22.6 Å². The first-order chi connectivity index (χ1) is 6.91. The first-order valence-electron chi connectivity index (χ1n) is 4.29. The molecular weight excluding hydrogens is 260 g/mol. The lowest BCUT2D eigenvalue weighted by Gasteiger charge is -2.08. The molecule has 0 fully saturated rings. The maximum atomic E-state index is 11.2. The van der Waals surface area contributed by atoms with Crippen LogP contribution >= 0.6 is 15.9 Å². The highest BCUT2D eigenvalue weighted by Gasteiger charge is 2.10. The van der Waals surface area contributed by atoms with Crippen molar-refractivity contribution in [1.82, 2.24) is 0 Å². The maximum absolute atomic E-state index is 11.2. The highest BCUT2D eigenvalue weighted by Crippen LogP contribution is 2.28. The van der Waals surface area contributed by atoms with E-state index in [1.54, 1.807) is 12.1 Å². The summed E-state index contributed by atoms with van der Waals surface area (Å²) in [6.07, 6.45) is 0. The third kappa shape index (κ3) is 2.79. The molecule has 1 aromatic rings. The average Bonchev–Trinajstić information content (AvgIpc) is 2.09. The number of nitrogens with one attached hydrogen (secondary N) is 1. The number of carbonyl (C=O) groups is 2. The molecule has 1 aromatic carbocycles. The number of amides is 1. The number of carbonyl (C=O) groups excluding carboxylic acids is 2. The fourth-order valence-corrected chi connectivity index (χ4v) is 1.64. The van der Waals surface area contributed by atoms with E-state index in [2.05, 4.69) is 21.2 Å². The second-order valence-corrected chi connectivity index (χ2v) is 4.01. The van der Waals surface area contributed by atoms with Gasteiger partial charge in [-0.15, -0.1) is 0 Å². The van der Waals surface area contributed by atoms with Crippen molar-refractivity contribution >= 4 is 39.0 Å². The van der Waals surface area contributed by atoms with Crippen LogP contribution in [0.15, 0.2) is 16.6 Å². The summed E-state index contributed by atoms with van der Waals surface area (Å²) in [4.78, 5) is 22.1. The normalized spacial score (nSPS) is 9.80. The zero-order chi connectivity index (χ0) is 11.6. The van der Waals surface area contributed by atoms with Crippen LogP contribution in [0, 0.1) is 0 Å². The summed E-state index contributed by atoms with van der Waals surface area (Å²) >= 11 is 3.23. The van der Waals surface area contributed by atoms with Gasteiger partial charge in [0.1, 0.15) is 0 Å². The molecule has 80 valence electrons. The van der Waals surface area contributed by atoms with E-state index in [9.17, 15) is 9.59 Å². The molecule has 0 saturated carbocycles. The molecule has 4 nitrogen and oxygen atoms in total. The van der Waals surface area contributed by atoms with Crippen molar-refractivity contribution in [2.75, 3.05) is 11.1 Å². The summed E-state index contributed by atoms with van der Waals surface area (Å²) in [5, 5.41) is 2.59. The molecule has 5 heteroatoms. The highest BCUT2D eigenvalue weighted by atomic mass is 79.9. The third-order valence-electron chi connectivity index (χ3n) is 1.83. The molecule has 1 amide bonds. The van der Waals surface area contributed by atoms with Crippen LogP contribution in [-0.4, -0.2) is 11.7 Å². The first-order valence-corrected chi connectivity index (χ1v) is 5.08. The molecule has 0 aliphatic heterocycles. The Morgan fingerprint density at radius 3 is 2.40 bits per heavy atom. The predicted molar refractivity (Wildman–Crippen MR) is 62.9 cm³/mol. The van der Waals surface area contributed by atoms with E-state index >= 15 is 0 Å². The van der Waals surface area contributed by atoms with E-state index in [4.69, 9.17) is 5.73 Å². The fourth-order valence-electron chi connectivity index (χ4n) is 1.18. The van der Waals surface area contributed by atoms with Gasteiger partial charge in [0.2, 0.25) is 5.91 Å². The van der Waals surface area contributed by atoms with E-state index in [1.165, 1.54) is 13.8 Å². The number of Topliss-reactive ketones (excluding diaryl/α,β-unsaturated/α-hetero) is 1. The van der Waals surface area contributed by atoms with E-state index in [1.807, 2.05) is 0 Å². The minimum Gasteiger partial charge on any atom is -0.397 e. The van der Waals surface area contributed by atoms with Crippen molar-refractivity contribution in [2.45, 2.75) is 13.8 Å². The van der Waals surface area contributed by atoms with Gasteiger partial charge in [-0.25, -0.2) is 0 Å². The standard InChI is InChI=1S/C10H11BrN2O2/c1-5(14)8-3-7(13-6(2)15)4-9(11)10(8)12/h3-4H,12H2,1-2H3,(H,13,15). The highest BCUT2D eigenvalue weighted by molar-refractivity contribution is 9.10.